The molecule has 0 heterocycles. The van der Waals surface area contributed by atoms with Gasteiger partial charge in [-0.2, -0.15) is 0 Å². The van der Waals surface area contributed by atoms with E-state index >= 15 is 0 Å². The summed E-state index contributed by atoms with van der Waals surface area (Å²) in [5, 5.41) is 0. The molecular weight excluding hydrogens is 412 g/mol. The molecule has 3 rings (SSSR count). The van der Waals surface area contributed by atoms with Crippen molar-refractivity contribution < 1.29 is 19.1 Å². The number of rotatable bonds is 2. The molecule has 2 saturated carbocycles. The first kappa shape index (κ1) is 28.8. The van der Waals surface area contributed by atoms with Crippen LogP contribution in [0.5, 0.6) is 0 Å². The van der Waals surface area contributed by atoms with Crippen LogP contribution in [0.3, 0.4) is 0 Å². The van der Waals surface area contributed by atoms with Gasteiger partial charge in [0.25, 0.3) is 0 Å². The topological polar surface area (TPSA) is 52.6 Å². The van der Waals surface area contributed by atoms with Crippen LogP contribution >= 0.6 is 0 Å². The molecule has 4 heteroatoms. The SMILES string of the molecule is C#C.C#C.COC(=O)O[C@@H](C)C1(C)CCC2C3(C)C=CC(=O)C(C)(C)C3CCC2(C)C1(C)C. The second-order valence-corrected chi connectivity index (χ2v) is 11.6. The van der Waals surface area contributed by atoms with Crippen LogP contribution in [0.2, 0.25) is 0 Å². The summed E-state index contributed by atoms with van der Waals surface area (Å²) in [5.74, 6) is 1.13. The molecule has 0 spiro atoms. The van der Waals surface area contributed by atoms with E-state index in [1.165, 1.54) is 7.11 Å². The molecule has 3 aliphatic carbocycles. The predicted octanol–water partition coefficient (Wildman–Crippen LogP) is 6.69. The molecule has 0 aromatic carbocycles. The highest BCUT2D eigenvalue weighted by atomic mass is 16.7. The maximum absolute atomic E-state index is 12.7. The average molecular weight is 457 g/mol. The molecule has 0 aromatic rings. The first-order valence-electron chi connectivity index (χ1n) is 11.8. The lowest BCUT2D eigenvalue weighted by molar-refractivity contribution is -0.223. The molecule has 3 aliphatic rings. The predicted molar refractivity (Wildman–Crippen MR) is 134 cm³/mol. The number of carbonyl (C=O) groups excluding carboxylic acids is 2. The third-order valence-corrected chi connectivity index (χ3v) is 10.5. The normalized spacial score (nSPS) is 38.5. The molecule has 5 unspecified atom stereocenters. The van der Waals surface area contributed by atoms with Crippen LogP contribution in [0, 0.1) is 64.6 Å². The van der Waals surface area contributed by atoms with Crippen molar-refractivity contribution >= 4 is 11.9 Å². The minimum atomic E-state index is -0.604. The number of methoxy groups -OCH3 is 1. The maximum Gasteiger partial charge on any atom is 0.508 e. The zero-order chi connectivity index (χ0) is 26.0. The molecule has 2 fully saturated rings. The molecule has 0 aliphatic heterocycles. The van der Waals surface area contributed by atoms with E-state index in [-0.39, 0.29) is 39.0 Å². The van der Waals surface area contributed by atoms with Crippen molar-refractivity contribution in [3.05, 3.63) is 12.2 Å². The van der Waals surface area contributed by atoms with Crippen LogP contribution in [0.1, 0.15) is 81.1 Å². The van der Waals surface area contributed by atoms with Gasteiger partial charge in [-0.15, -0.1) is 25.7 Å². The van der Waals surface area contributed by atoms with Gasteiger partial charge in [0.2, 0.25) is 0 Å². The van der Waals surface area contributed by atoms with Crippen molar-refractivity contribution in [1.29, 1.82) is 0 Å². The molecule has 4 nitrogen and oxygen atoms in total. The van der Waals surface area contributed by atoms with Crippen molar-refractivity contribution in [2.75, 3.05) is 7.11 Å². The molecule has 6 atom stereocenters. The van der Waals surface area contributed by atoms with E-state index in [2.05, 4.69) is 80.2 Å². The Morgan fingerprint density at radius 1 is 0.970 bits per heavy atom. The number of carbonyl (C=O) groups is 2. The van der Waals surface area contributed by atoms with Crippen molar-refractivity contribution in [3.63, 3.8) is 0 Å². The van der Waals surface area contributed by atoms with Crippen LogP contribution < -0.4 is 0 Å². The monoisotopic (exact) mass is 456 g/mol. The smallest absolute Gasteiger partial charge is 0.438 e. The molecule has 33 heavy (non-hydrogen) atoms. The summed E-state index contributed by atoms with van der Waals surface area (Å²) in [5.41, 5.74) is -0.421. The Kier molecular flexibility index (Phi) is 8.37. The van der Waals surface area contributed by atoms with Gasteiger partial charge in [0.15, 0.2) is 5.78 Å². The average Bonchev–Trinajstić information content (AvgIpc) is 2.77. The highest BCUT2D eigenvalue weighted by molar-refractivity contribution is 5.95. The Morgan fingerprint density at radius 2 is 1.48 bits per heavy atom. The summed E-state index contributed by atoms with van der Waals surface area (Å²) in [7, 11) is 1.36. The second-order valence-electron chi connectivity index (χ2n) is 11.6. The number of ketones is 1. The van der Waals surface area contributed by atoms with Gasteiger partial charge in [0.05, 0.1) is 7.11 Å². The molecule has 0 aromatic heterocycles. The van der Waals surface area contributed by atoms with Crippen LogP contribution in [0.15, 0.2) is 12.2 Å². The standard InChI is InChI=1S/C25H40O4.2C2H2/c1-16(29-20(27)28-9)24(7)14-11-18-23(6)13-12-19(26)21(2,3)17(23)10-15-25(18,8)22(24,4)5;2*1-2/h12-13,16-18H,10-11,14-15H2,1-9H3;2*1-2H/t16-,17?,18?,23?,24?,25?;;/m0../s1. The highest BCUT2D eigenvalue weighted by Gasteiger charge is 2.68. The lowest BCUT2D eigenvalue weighted by atomic mass is 9.34. The first-order chi connectivity index (χ1) is 15.2. The van der Waals surface area contributed by atoms with E-state index in [0.29, 0.717) is 11.8 Å². The zero-order valence-electron chi connectivity index (χ0n) is 22.2. The summed E-state index contributed by atoms with van der Waals surface area (Å²) in [6.45, 7) is 18.1. The van der Waals surface area contributed by atoms with Crippen LogP contribution in [-0.4, -0.2) is 25.2 Å². The summed E-state index contributed by atoms with van der Waals surface area (Å²) in [4.78, 5) is 24.5. The van der Waals surface area contributed by atoms with Crippen molar-refractivity contribution in [1.82, 2.24) is 0 Å². The lowest BCUT2D eigenvalue weighted by Gasteiger charge is -2.70. The second kappa shape index (κ2) is 9.58. The lowest BCUT2D eigenvalue weighted by Crippen LogP contribution is -2.66. The molecule has 184 valence electrons. The minimum Gasteiger partial charge on any atom is -0.438 e. The quantitative estimate of drug-likeness (QED) is 0.343. The Balaban J connectivity index is 0.00000129. The number of allylic oxidation sites excluding steroid dienone is 2. The van der Waals surface area contributed by atoms with E-state index in [1.807, 2.05) is 13.0 Å². The van der Waals surface area contributed by atoms with E-state index in [1.54, 1.807) is 0 Å². The van der Waals surface area contributed by atoms with E-state index in [9.17, 15) is 9.59 Å². The number of hydrogen-bond acceptors (Lipinski definition) is 4. The van der Waals surface area contributed by atoms with Gasteiger partial charge in [-0.1, -0.05) is 54.5 Å². The maximum atomic E-state index is 12.7. The van der Waals surface area contributed by atoms with Crippen molar-refractivity contribution in [3.8, 4) is 25.7 Å². The van der Waals surface area contributed by atoms with Crippen molar-refractivity contribution in [2.45, 2.75) is 87.2 Å². The van der Waals surface area contributed by atoms with Gasteiger partial charge in [0, 0.05) is 10.8 Å². The minimum absolute atomic E-state index is 0.00938. The fraction of sp³-hybridized carbons (Fsp3) is 0.724. The molecule has 0 saturated heterocycles. The molecular formula is C29H44O4. The van der Waals surface area contributed by atoms with Gasteiger partial charge in [-0.3, -0.25) is 4.79 Å². The van der Waals surface area contributed by atoms with Crippen LogP contribution in [0.25, 0.3) is 0 Å². The number of hydrogen-bond donors (Lipinski definition) is 0. The summed E-state index contributed by atoms with van der Waals surface area (Å²) < 4.78 is 10.4. The summed E-state index contributed by atoms with van der Waals surface area (Å²) in [6.07, 6.45) is 23.5. The number of fused-ring (bicyclic) bond motifs is 3. The van der Waals surface area contributed by atoms with Gasteiger partial charge >= 0.3 is 6.16 Å². The fourth-order valence-corrected chi connectivity index (χ4v) is 7.69. The molecule has 0 amide bonds. The van der Waals surface area contributed by atoms with Crippen LogP contribution in [0.4, 0.5) is 4.79 Å². The molecule has 0 radical (unpaired) electrons. The van der Waals surface area contributed by atoms with Gasteiger partial charge in [-0.05, 0) is 66.8 Å². The Morgan fingerprint density at radius 3 is 2.00 bits per heavy atom. The molecule has 0 bridgehead atoms. The number of terminal acetylenes is 2. The van der Waals surface area contributed by atoms with Gasteiger partial charge in [-0.25, -0.2) is 4.79 Å². The summed E-state index contributed by atoms with van der Waals surface area (Å²) in [6, 6.07) is 0. The molecule has 0 N–H and O–H groups in total. The van der Waals surface area contributed by atoms with Gasteiger partial charge < -0.3 is 9.47 Å². The fourth-order valence-electron chi connectivity index (χ4n) is 7.69. The highest BCUT2D eigenvalue weighted by Crippen LogP contribution is 2.73. The van der Waals surface area contributed by atoms with Crippen molar-refractivity contribution in [2.24, 2.45) is 38.9 Å². The third-order valence-electron chi connectivity index (χ3n) is 10.5. The Bertz CT molecular complexity index is 810. The van der Waals surface area contributed by atoms with E-state index in [4.69, 9.17) is 9.47 Å². The van der Waals surface area contributed by atoms with E-state index in [0.717, 1.165) is 25.7 Å². The largest absolute Gasteiger partial charge is 0.508 e. The zero-order valence-corrected chi connectivity index (χ0v) is 22.2. The first-order valence-corrected chi connectivity index (χ1v) is 11.8. The van der Waals surface area contributed by atoms with Crippen LogP contribution in [-0.2, 0) is 14.3 Å². The van der Waals surface area contributed by atoms with Gasteiger partial charge in [0.1, 0.15) is 6.10 Å². The third kappa shape index (κ3) is 4.01. The Labute approximate surface area is 202 Å². The van der Waals surface area contributed by atoms with E-state index < -0.39 is 6.16 Å². The Hall–Kier alpha value is -2.20. The summed E-state index contributed by atoms with van der Waals surface area (Å²) >= 11 is 0. The number of ether oxygens (including phenoxy) is 2.